The topological polar surface area (TPSA) is 48.8 Å². The molecule has 0 bridgehead atoms. The fourth-order valence-corrected chi connectivity index (χ4v) is 7.87. The average molecular weight is 693 g/mol. The number of hydrogen-bond acceptors (Lipinski definition) is 3. The zero-order chi connectivity index (χ0) is 36.5. The summed E-state index contributed by atoms with van der Waals surface area (Å²) in [5.41, 5.74) is 12.9. The van der Waals surface area contributed by atoms with Gasteiger partial charge in [0.2, 0.25) is 0 Å². The minimum absolute atomic E-state index is 0.183. The maximum atomic E-state index is 6.58. The van der Waals surface area contributed by atoms with Gasteiger partial charge in [-0.3, -0.25) is 0 Å². The van der Waals surface area contributed by atoms with E-state index in [1.165, 1.54) is 49.5 Å². The van der Waals surface area contributed by atoms with Crippen LogP contribution >= 0.6 is 0 Å². The number of hydrogen-bond donors (Lipinski definition) is 0. The Morgan fingerprint density at radius 2 is 1.51 bits per heavy atom. The van der Waals surface area contributed by atoms with Crippen LogP contribution in [0.25, 0.3) is 72.0 Å². The summed E-state index contributed by atoms with van der Waals surface area (Å²) in [6.07, 6.45) is 17.7. The van der Waals surface area contributed by atoms with Crippen LogP contribution in [-0.2, 0) is 13.1 Å². The third kappa shape index (κ3) is 6.12. The lowest BCUT2D eigenvalue weighted by atomic mass is 9.93. The van der Waals surface area contributed by atoms with Crippen LogP contribution in [0, 0.1) is 12.8 Å². The van der Waals surface area contributed by atoms with Crippen molar-refractivity contribution in [2.75, 3.05) is 0 Å². The molecule has 262 valence electrons. The molecule has 0 aliphatic rings. The van der Waals surface area contributed by atoms with Crippen LogP contribution in [0.3, 0.4) is 0 Å². The Labute approximate surface area is 310 Å². The Bertz CT molecular complexity index is 2730. The van der Waals surface area contributed by atoms with E-state index in [0.29, 0.717) is 6.54 Å². The third-order valence-electron chi connectivity index (χ3n) is 10.6. The molecule has 0 radical (unpaired) electrons. The van der Waals surface area contributed by atoms with E-state index < -0.39 is 0 Å². The number of nitrogens with zero attached hydrogens (tertiary/aromatic N) is 4. The highest BCUT2D eigenvalue weighted by Crippen LogP contribution is 2.37. The van der Waals surface area contributed by atoms with E-state index in [4.69, 9.17) is 14.4 Å². The van der Waals surface area contributed by atoms with Crippen LogP contribution < -0.4 is 0 Å². The molecule has 0 saturated carbocycles. The molecule has 0 aliphatic carbocycles. The Hall–Kier alpha value is -6.20. The number of benzene rings is 4. The minimum atomic E-state index is 0.183. The van der Waals surface area contributed by atoms with Crippen LogP contribution in [0.15, 0.2) is 145 Å². The lowest BCUT2D eigenvalue weighted by Crippen LogP contribution is -2.04. The summed E-state index contributed by atoms with van der Waals surface area (Å²) in [6, 6.07) is 32.3. The predicted octanol–water partition coefficient (Wildman–Crippen LogP) is 12.7. The van der Waals surface area contributed by atoms with Gasteiger partial charge in [0.05, 0.1) is 0 Å². The van der Waals surface area contributed by atoms with Crippen molar-refractivity contribution in [1.82, 2.24) is 19.1 Å². The highest BCUT2D eigenvalue weighted by molar-refractivity contribution is 6.08. The van der Waals surface area contributed by atoms with Crippen molar-refractivity contribution in [3.8, 4) is 0 Å². The SMILES string of the molecule is C=CCC(C)/C(=C\Cn1c2ccccc2c2ccccc21)c1ncnc2c1oc1ccc(/C(C)=C/C=C\Cn3c(C)c(/C=C\C)c4ccccc43)cc12. The average Bonchev–Trinajstić information content (AvgIpc) is 3.81. The van der Waals surface area contributed by atoms with Crippen LogP contribution in [0.2, 0.25) is 0 Å². The second-order valence-corrected chi connectivity index (χ2v) is 13.8. The summed E-state index contributed by atoms with van der Waals surface area (Å²) in [4.78, 5) is 9.63. The van der Waals surface area contributed by atoms with E-state index in [1.54, 1.807) is 6.33 Å². The number of allylic oxidation sites excluding steroid dienone is 8. The van der Waals surface area contributed by atoms with E-state index in [2.05, 4.69) is 171 Å². The molecular weight excluding hydrogens is 649 g/mol. The molecule has 5 heteroatoms. The minimum Gasteiger partial charge on any atom is -0.452 e. The fourth-order valence-electron chi connectivity index (χ4n) is 7.87. The highest BCUT2D eigenvalue weighted by atomic mass is 16.3. The van der Waals surface area contributed by atoms with Gasteiger partial charge in [0.25, 0.3) is 0 Å². The first-order valence-corrected chi connectivity index (χ1v) is 18.5. The number of aromatic nitrogens is 4. The summed E-state index contributed by atoms with van der Waals surface area (Å²) in [5.74, 6) is 0.183. The monoisotopic (exact) mass is 692 g/mol. The normalized spacial score (nSPS) is 13.6. The summed E-state index contributed by atoms with van der Waals surface area (Å²) in [7, 11) is 0. The van der Waals surface area contributed by atoms with Crippen molar-refractivity contribution in [2.45, 2.75) is 47.2 Å². The first-order valence-electron chi connectivity index (χ1n) is 18.5. The lowest BCUT2D eigenvalue weighted by molar-refractivity contribution is 0.660. The molecule has 0 aliphatic heterocycles. The molecule has 4 aromatic heterocycles. The van der Waals surface area contributed by atoms with Gasteiger partial charge in [0.1, 0.15) is 23.1 Å². The number of fused-ring (bicyclic) bond motifs is 7. The van der Waals surface area contributed by atoms with Gasteiger partial charge in [-0.05, 0) is 80.2 Å². The van der Waals surface area contributed by atoms with Crippen LogP contribution in [0.4, 0.5) is 0 Å². The number of para-hydroxylation sites is 3. The van der Waals surface area contributed by atoms with Crippen molar-refractivity contribution >= 4 is 72.0 Å². The molecule has 53 heavy (non-hydrogen) atoms. The van der Waals surface area contributed by atoms with Crippen LogP contribution in [0.5, 0.6) is 0 Å². The number of furan rings is 1. The first kappa shape index (κ1) is 33.9. The summed E-state index contributed by atoms with van der Waals surface area (Å²) >= 11 is 0. The highest BCUT2D eigenvalue weighted by Gasteiger charge is 2.21. The largest absolute Gasteiger partial charge is 0.452 e. The Kier molecular flexibility index (Phi) is 9.24. The summed E-state index contributed by atoms with van der Waals surface area (Å²) < 4.78 is 11.4. The van der Waals surface area contributed by atoms with Gasteiger partial charge < -0.3 is 13.6 Å². The molecule has 5 nitrogen and oxygen atoms in total. The smallest absolute Gasteiger partial charge is 0.179 e. The Morgan fingerprint density at radius 3 is 2.21 bits per heavy atom. The lowest BCUT2D eigenvalue weighted by Gasteiger charge is -2.15. The molecule has 0 spiro atoms. The molecule has 8 rings (SSSR count). The van der Waals surface area contributed by atoms with Gasteiger partial charge in [0.15, 0.2) is 5.58 Å². The van der Waals surface area contributed by atoms with Crippen LogP contribution in [-0.4, -0.2) is 19.1 Å². The zero-order valence-electron chi connectivity index (χ0n) is 30.9. The van der Waals surface area contributed by atoms with E-state index in [1.807, 2.05) is 6.08 Å². The Balaban J connectivity index is 1.12. The van der Waals surface area contributed by atoms with Crippen molar-refractivity contribution in [3.05, 3.63) is 163 Å². The molecule has 0 amide bonds. The summed E-state index contributed by atoms with van der Waals surface area (Å²) in [5, 5.41) is 4.80. The number of rotatable bonds is 11. The van der Waals surface area contributed by atoms with Crippen molar-refractivity contribution < 1.29 is 4.42 Å². The molecule has 0 N–H and O–H groups in total. The van der Waals surface area contributed by atoms with E-state index >= 15 is 0 Å². The van der Waals surface area contributed by atoms with Gasteiger partial charge in [-0.2, -0.15) is 0 Å². The molecule has 0 fully saturated rings. The molecule has 4 aromatic carbocycles. The second kappa shape index (κ2) is 14.4. The van der Waals surface area contributed by atoms with E-state index in [9.17, 15) is 0 Å². The first-order chi connectivity index (χ1) is 26.0. The van der Waals surface area contributed by atoms with Gasteiger partial charge >= 0.3 is 0 Å². The van der Waals surface area contributed by atoms with E-state index in [0.717, 1.165) is 51.9 Å². The van der Waals surface area contributed by atoms with Crippen LogP contribution in [0.1, 0.15) is 49.7 Å². The maximum Gasteiger partial charge on any atom is 0.179 e. The molecule has 1 unspecified atom stereocenters. The second-order valence-electron chi connectivity index (χ2n) is 13.8. The van der Waals surface area contributed by atoms with Gasteiger partial charge in [-0.1, -0.05) is 110 Å². The van der Waals surface area contributed by atoms with Gasteiger partial charge in [0, 0.05) is 62.4 Å². The molecule has 0 saturated heterocycles. The molecule has 8 aromatic rings. The van der Waals surface area contributed by atoms with Gasteiger partial charge in [-0.25, -0.2) is 9.97 Å². The summed E-state index contributed by atoms with van der Waals surface area (Å²) in [6.45, 7) is 14.2. The maximum absolute atomic E-state index is 6.58. The standard InChI is InChI=1S/C48H44N4O/c1-6-16-33(4)36(27-29-52-43-23-12-9-20-39(43)40-21-10-13-24-44(40)52)46-48-47(50-31-49-46)41-30-35(25-26-45(41)53-48)32(3)18-14-15-28-51-34(5)37(17-7-2)38-19-8-11-22-42(38)51/h6-15,17-27,30-31,33H,1,16,28-29H2,2-5H3/b15-14-,17-7-,32-18+,36-27+. The molecular formula is C48H44N4O. The Morgan fingerprint density at radius 1 is 0.830 bits per heavy atom. The van der Waals surface area contributed by atoms with Gasteiger partial charge in [-0.15, -0.1) is 6.58 Å². The third-order valence-corrected chi connectivity index (χ3v) is 10.6. The van der Waals surface area contributed by atoms with Crippen molar-refractivity contribution in [1.29, 1.82) is 0 Å². The van der Waals surface area contributed by atoms with E-state index in [-0.39, 0.29) is 5.92 Å². The fraction of sp³-hybridized carbons (Fsp3) is 0.167. The predicted molar refractivity (Wildman–Crippen MR) is 225 cm³/mol. The van der Waals surface area contributed by atoms with Crippen molar-refractivity contribution in [2.24, 2.45) is 5.92 Å². The zero-order valence-corrected chi connectivity index (χ0v) is 30.9. The molecule has 1 atom stereocenters. The van der Waals surface area contributed by atoms with Crippen molar-refractivity contribution in [3.63, 3.8) is 0 Å². The quantitative estimate of drug-likeness (QED) is 0.100. The molecule has 4 heterocycles.